The van der Waals surface area contributed by atoms with Crippen molar-refractivity contribution in [3.8, 4) is 16.9 Å². The molecule has 0 amide bonds. The van der Waals surface area contributed by atoms with E-state index in [-0.39, 0.29) is 5.82 Å². The van der Waals surface area contributed by atoms with E-state index >= 15 is 0 Å². The highest BCUT2D eigenvalue weighted by molar-refractivity contribution is 7.99. The molecule has 1 N–H and O–H groups in total. The maximum absolute atomic E-state index is 13.7. The summed E-state index contributed by atoms with van der Waals surface area (Å²) in [6.45, 7) is 1.73. The minimum absolute atomic E-state index is 0.277. The molecule has 4 nitrogen and oxygen atoms in total. The van der Waals surface area contributed by atoms with Crippen LogP contribution in [0.4, 0.5) is 4.39 Å². The maximum Gasteiger partial charge on any atom is 0.320 e. The Balaban J connectivity index is 1.53. The molecule has 160 valence electrons. The third-order valence-corrected chi connectivity index (χ3v) is 6.39. The van der Waals surface area contributed by atoms with Crippen molar-refractivity contribution in [1.29, 1.82) is 0 Å². The molecule has 31 heavy (non-hydrogen) atoms. The third-order valence-electron chi connectivity index (χ3n) is 5.36. The van der Waals surface area contributed by atoms with Crippen LogP contribution in [-0.4, -0.2) is 41.7 Å². The predicted molar refractivity (Wildman–Crippen MR) is 120 cm³/mol. The molecule has 0 aromatic heterocycles. The fourth-order valence-electron chi connectivity index (χ4n) is 3.82. The molecular weight excluding hydrogens is 413 g/mol. The van der Waals surface area contributed by atoms with Gasteiger partial charge in [0.25, 0.3) is 0 Å². The Morgan fingerprint density at radius 1 is 1.06 bits per heavy atom. The van der Waals surface area contributed by atoms with Crippen molar-refractivity contribution in [3.05, 3.63) is 78.6 Å². The highest BCUT2D eigenvalue weighted by Crippen LogP contribution is 2.38. The van der Waals surface area contributed by atoms with Gasteiger partial charge < -0.3 is 9.84 Å². The minimum atomic E-state index is -0.771. The zero-order valence-electron chi connectivity index (χ0n) is 17.0. The number of hydrogen-bond donors (Lipinski definition) is 1. The topological polar surface area (TPSA) is 49.8 Å². The molecule has 1 saturated heterocycles. The van der Waals surface area contributed by atoms with E-state index in [1.54, 1.807) is 6.07 Å². The first-order valence-corrected chi connectivity index (χ1v) is 11.1. The zero-order valence-corrected chi connectivity index (χ0v) is 17.9. The Bertz CT molecular complexity index is 1040. The van der Waals surface area contributed by atoms with Crippen molar-refractivity contribution in [1.82, 2.24) is 4.90 Å². The average molecular weight is 438 g/mol. The minimum Gasteiger partial charge on any atom is -0.491 e. The Kier molecular flexibility index (Phi) is 6.89. The monoisotopic (exact) mass is 437 g/mol. The number of aliphatic carboxylic acids is 1. The van der Waals surface area contributed by atoms with E-state index in [4.69, 9.17) is 4.74 Å². The van der Waals surface area contributed by atoms with Crippen molar-refractivity contribution in [2.24, 2.45) is 0 Å². The molecule has 1 atom stereocenters. The fraction of sp³-hybridized carbons (Fsp3) is 0.240. The number of likely N-dealkylation sites (tertiary alicyclic amines) is 1. The number of hydrogen-bond acceptors (Lipinski definition) is 4. The van der Waals surface area contributed by atoms with Crippen LogP contribution in [0.15, 0.2) is 82.6 Å². The summed E-state index contributed by atoms with van der Waals surface area (Å²) in [6, 6.07) is 22.1. The number of ether oxygens (including phenoxy) is 1. The van der Waals surface area contributed by atoms with Crippen LogP contribution in [0.5, 0.6) is 5.75 Å². The van der Waals surface area contributed by atoms with E-state index in [1.165, 1.54) is 23.9 Å². The quantitative estimate of drug-likeness (QED) is 0.499. The number of halogens is 1. The molecule has 1 aliphatic heterocycles. The molecule has 0 bridgehead atoms. The largest absolute Gasteiger partial charge is 0.491 e. The van der Waals surface area contributed by atoms with Gasteiger partial charge in [-0.2, -0.15) is 0 Å². The summed E-state index contributed by atoms with van der Waals surface area (Å²) < 4.78 is 19.8. The maximum atomic E-state index is 13.7. The molecule has 3 aromatic rings. The highest BCUT2D eigenvalue weighted by Gasteiger charge is 2.30. The van der Waals surface area contributed by atoms with Gasteiger partial charge in [0.05, 0.1) is 4.90 Å². The molecule has 1 fully saturated rings. The van der Waals surface area contributed by atoms with Crippen LogP contribution in [0.2, 0.25) is 0 Å². The molecule has 0 spiro atoms. The summed E-state index contributed by atoms with van der Waals surface area (Å²) in [4.78, 5) is 15.0. The number of carbonyl (C=O) groups is 1. The van der Waals surface area contributed by atoms with Crippen LogP contribution >= 0.6 is 11.8 Å². The second kappa shape index (κ2) is 9.98. The molecule has 1 heterocycles. The van der Waals surface area contributed by atoms with Gasteiger partial charge in [0, 0.05) is 11.4 Å². The summed E-state index contributed by atoms with van der Waals surface area (Å²) in [6.07, 6.45) is 1.57. The standard InChI is InChI=1S/C25H24FNO3S/c26-20-8-4-9-21(17-20)31-24-16-19(18-6-2-1-3-7-18)11-12-23(24)30-15-14-27-13-5-10-22(27)25(28)29/h1-4,6-9,11-12,16-17,22H,5,10,13-15H2,(H,28,29)/t22-/m1/s1. The van der Waals surface area contributed by atoms with Crippen LogP contribution in [-0.2, 0) is 4.79 Å². The van der Waals surface area contributed by atoms with E-state index in [9.17, 15) is 14.3 Å². The lowest BCUT2D eigenvalue weighted by Gasteiger charge is -2.21. The summed E-state index contributed by atoms with van der Waals surface area (Å²) in [5.41, 5.74) is 2.15. The number of carboxylic acid groups (broad SMARTS) is 1. The molecule has 1 aliphatic rings. The van der Waals surface area contributed by atoms with Crippen molar-refractivity contribution in [2.45, 2.75) is 28.7 Å². The lowest BCUT2D eigenvalue weighted by molar-refractivity contribution is -0.142. The molecular formula is C25H24FNO3S. The average Bonchev–Trinajstić information content (AvgIpc) is 3.24. The predicted octanol–water partition coefficient (Wildman–Crippen LogP) is 5.57. The van der Waals surface area contributed by atoms with Crippen molar-refractivity contribution < 1.29 is 19.0 Å². The van der Waals surface area contributed by atoms with Crippen LogP contribution < -0.4 is 4.74 Å². The van der Waals surface area contributed by atoms with Crippen molar-refractivity contribution in [3.63, 3.8) is 0 Å². The summed E-state index contributed by atoms with van der Waals surface area (Å²) >= 11 is 1.45. The van der Waals surface area contributed by atoms with Gasteiger partial charge in [-0.1, -0.05) is 54.2 Å². The fourth-order valence-corrected chi connectivity index (χ4v) is 4.81. The van der Waals surface area contributed by atoms with E-state index in [0.29, 0.717) is 25.3 Å². The Hall–Kier alpha value is -2.83. The van der Waals surface area contributed by atoms with E-state index in [0.717, 1.165) is 33.9 Å². The zero-order chi connectivity index (χ0) is 21.6. The van der Waals surface area contributed by atoms with Crippen LogP contribution in [0.25, 0.3) is 11.1 Å². The molecule has 3 aromatic carbocycles. The second-order valence-electron chi connectivity index (χ2n) is 7.47. The second-order valence-corrected chi connectivity index (χ2v) is 8.58. The summed E-state index contributed by atoms with van der Waals surface area (Å²) in [5, 5.41) is 9.35. The summed E-state index contributed by atoms with van der Waals surface area (Å²) in [7, 11) is 0. The first-order chi connectivity index (χ1) is 15.1. The number of carboxylic acids is 1. The van der Waals surface area contributed by atoms with E-state index < -0.39 is 12.0 Å². The normalized spacial score (nSPS) is 16.4. The highest BCUT2D eigenvalue weighted by atomic mass is 32.2. The van der Waals surface area contributed by atoms with Crippen molar-refractivity contribution >= 4 is 17.7 Å². The molecule has 0 unspecified atom stereocenters. The van der Waals surface area contributed by atoms with Crippen molar-refractivity contribution in [2.75, 3.05) is 19.7 Å². The Morgan fingerprint density at radius 3 is 2.68 bits per heavy atom. The molecule has 0 aliphatic carbocycles. The third kappa shape index (κ3) is 5.46. The first-order valence-electron chi connectivity index (χ1n) is 10.3. The van der Waals surface area contributed by atoms with Gasteiger partial charge in [-0.05, 0) is 60.8 Å². The number of rotatable bonds is 8. The number of nitrogens with zero attached hydrogens (tertiary/aromatic N) is 1. The van der Waals surface area contributed by atoms with Gasteiger partial charge in [-0.3, -0.25) is 9.69 Å². The van der Waals surface area contributed by atoms with Gasteiger partial charge in [0.1, 0.15) is 24.2 Å². The Morgan fingerprint density at radius 2 is 1.90 bits per heavy atom. The van der Waals surface area contributed by atoms with Crippen LogP contribution in [0.3, 0.4) is 0 Å². The Labute approximate surface area is 185 Å². The molecule has 0 saturated carbocycles. The first kappa shape index (κ1) is 21.4. The molecule has 6 heteroatoms. The van der Waals surface area contributed by atoms with E-state index in [2.05, 4.69) is 6.07 Å². The van der Waals surface area contributed by atoms with Gasteiger partial charge in [-0.25, -0.2) is 4.39 Å². The SMILES string of the molecule is O=C(O)[C@H]1CCCN1CCOc1ccc(-c2ccccc2)cc1Sc1cccc(F)c1. The van der Waals surface area contributed by atoms with Crippen LogP contribution in [0, 0.1) is 5.82 Å². The lowest BCUT2D eigenvalue weighted by atomic mass is 10.1. The number of benzene rings is 3. The summed E-state index contributed by atoms with van der Waals surface area (Å²) in [5.74, 6) is -0.340. The molecule has 4 rings (SSSR count). The van der Waals surface area contributed by atoms with E-state index in [1.807, 2.05) is 53.4 Å². The smallest absolute Gasteiger partial charge is 0.320 e. The van der Waals surface area contributed by atoms with Gasteiger partial charge in [-0.15, -0.1) is 0 Å². The van der Waals surface area contributed by atoms with Gasteiger partial charge in [0.15, 0.2) is 0 Å². The van der Waals surface area contributed by atoms with Crippen LogP contribution in [0.1, 0.15) is 12.8 Å². The molecule has 0 radical (unpaired) electrons. The lowest BCUT2D eigenvalue weighted by Crippen LogP contribution is -2.38. The van der Waals surface area contributed by atoms with Gasteiger partial charge >= 0.3 is 5.97 Å². The van der Waals surface area contributed by atoms with Gasteiger partial charge in [0.2, 0.25) is 0 Å².